The van der Waals surface area contributed by atoms with Crippen molar-refractivity contribution in [3.05, 3.63) is 129 Å². The van der Waals surface area contributed by atoms with Crippen LogP contribution in [0.25, 0.3) is 11.1 Å². The Balaban J connectivity index is 0.000000168. The Morgan fingerprint density at radius 1 is 0.532 bits per heavy atom. The molecule has 2 aromatic carbocycles. The highest BCUT2D eigenvalue weighted by atomic mass is 16.4. The molecule has 4 heterocycles. The molecule has 6 aromatic rings. The first-order valence-corrected chi connectivity index (χ1v) is 16.0. The lowest BCUT2D eigenvalue weighted by Gasteiger charge is -2.21. The number of rotatable bonds is 0. The average Bonchev–Trinajstić information content (AvgIpc) is 3.77. The van der Waals surface area contributed by atoms with Crippen molar-refractivity contribution in [3.63, 3.8) is 0 Å². The summed E-state index contributed by atoms with van der Waals surface area (Å²) in [6.45, 7) is 22.6. The van der Waals surface area contributed by atoms with E-state index in [0.29, 0.717) is 11.8 Å². The highest BCUT2D eigenvalue weighted by molar-refractivity contribution is 5.80. The van der Waals surface area contributed by atoms with Gasteiger partial charge in [-0.2, -0.15) is 10.2 Å². The van der Waals surface area contributed by atoms with Gasteiger partial charge in [-0.25, -0.2) is 0 Å². The summed E-state index contributed by atoms with van der Waals surface area (Å²) < 4.78 is 10.8. The molecule has 1 aliphatic carbocycles. The number of hydrogen-bond acceptors (Lipinski definition) is 5. The number of hydrogen-bond donors (Lipinski definition) is 0. The molecule has 0 aliphatic heterocycles. The van der Waals surface area contributed by atoms with Crippen LogP contribution in [-0.2, 0) is 26.6 Å². The van der Waals surface area contributed by atoms with E-state index < -0.39 is 0 Å². The fraction of sp³-hybridized carbons (Fsp3) is 0.385. The summed E-state index contributed by atoms with van der Waals surface area (Å²) in [6.07, 6.45) is 0. The van der Waals surface area contributed by atoms with Gasteiger partial charge in [0.25, 0.3) is 0 Å². The maximum Gasteiger partial charge on any atom is 0.213 e. The van der Waals surface area contributed by atoms with Gasteiger partial charge < -0.3 is 8.98 Å². The van der Waals surface area contributed by atoms with Crippen LogP contribution >= 0.6 is 0 Å². The molecule has 0 radical (unpaired) electrons. The van der Waals surface area contributed by atoms with Crippen molar-refractivity contribution in [3.8, 4) is 11.1 Å². The quantitative estimate of drug-likeness (QED) is 0.167. The second-order valence-corrected chi connectivity index (χ2v) is 12.8. The van der Waals surface area contributed by atoms with Crippen LogP contribution in [0.3, 0.4) is 0 Å². The molecule has 0 saturated heterocycles. The highest BCUT2D eigenvalue weighted by Crippen LogP contribution is 2.48. The molecule has 0 bridgehead atoms. The molecule has 0 saturated carbocycles. The predicted molar refractivity (Wildman–Crippen MR) is 193 cm³/mol. The van der Waals surface area contributed by atoms with E-state index in [4.69, 9.17) is 4.42 Å². The standard InChI is InChI=1S/C16H16.C7H11N.2C6H10N2.C4H6N2O/c1-11-8-9-13-12-6-4-5-7-14(12)16(2,3)15(13)10-11;1-6-4-5-7(2)8(6)3;2*1-5-4-6(2)8(3)7-5;1-3-5-6-4(2)7-3/h4-10H,1-3H3;4-5H,1-3H3;2*4H,1-3H3;1-2H3. The molecular formula is C39H53N7O. The molecule has 0 amide bonds. The van der Waals surface area contributed by atoms with Crippen LogP contribution in [-0.4, -0.2) is 34.3 Å². The number of benzene rings is 2. The van der Waals surface area contributed by atoms with Gasteiger partial charge in [0.05, 0.1) is 11.4 Å². The van der Waals surface area contributed by atoms with E-state index in [1.807, 2.05) is 51.2 Å². The van der Waals surface area contributed by atoms with Gasteiger partial charge in [-0.15, -0.1) is 10.2 Å². The topological polar surface area (TPSA) is 79.5 Å². The molecule has 250 valence electrons. The Labute approximate surface area is 281 Å². The highest BCUT2D eigenvalue weighted by Gasteiger charge is 2.34. The normalized spacial score (nSPS) is 11.8. The van der Waals surface area contributed by atoms with Gasteiger partial charge >= 0.3 is 0 Å². The van der Waals surface area contributed by atoms with Gasteiger partial charge in [0.15, 0.2) is 0 Å². The van der Waals surface area contributed by atoms with E-state index >= 15 is 0 Å². The van der Waals surface area contributed by atoms with E-state index in [9.17, 15) is 0 Å². The molecule has 0 N–H and O–H groups in total. The number of fused-ring (bicyclic) bond motifs is 3. The maximum atomic E-state index is 4.86. The summed E-state index contributed by atoms with van der Waals surface area (Å²) >= 11 is 0. The predicted octanol–water partition coefficient (Wildman–Crippen LogP) is 8.70. The minimum absolute atomic E-state index is 0.151. The molecule has 0 unspecified atom stereocenters. The molecule has 0 atom stereocenters. The molecule has 0 spiro atoms. The van der Waals surface area contributed by atoms with Gasteiger partial charge in [-0.05, 0) is 95.0 Å². The lowest BCUT2D eigenvalue weighted by molar-refractivity contribution is 0.489. The first-order chi connectivity index (χ1) is 22.0. The van der Waals surface area contributed by atoms with Crippen molar-refractivity contribution in [2.24, 2.45) is 21.1 Å². The van der Waals surface area contributed by atoms with Gasteiger partial charge in [0.1, 0.15) is 0 Å². The first kappa shape index (κ1) is 36.7. The van der Waals surface area contributed by atoms with Crippen molar-refractivity contribution >= 4 is 0 Å². The van der Waals surface area contributed by atoms with Crippen LogP contribution in [0.4, 0.5) is 0 Å². The molecule has 4 aromatic heterocycles. The second kappa shape index (κ2) is 15.7. The Morgan fingerprint density at radius 3 is 1.34 bits per heavy atom. The third-order valence-electron chi connectivity index (χ3n) is 8.46. The largest absolute Gasteiger partial charge is 0.426 e. The van der Waals surface area contributed by atoms with Crippen LogP contribution in [0.2, 0.25) is 0 Å². The first-order valence-electron chi connectivity index (χ1n) is 16.0. The summed E-state index contributed by atoms with van der Waals surface area (Å²) in [5, 5.41) is 15.5. The van der Waals surface area contributed by atoms with Crippen molar-refractivity contribution < 1.29 is 4.42 Å². The third kappa shape index (κ3) is 9.64. The monoisotopic (exact) mass is 635 g/mol. The average molecular weight is 636 g/mol. The van der Waals surface area contributed by atoms with E-state index in [2.05, 4.69) is 133 Å². The van der Waals surface area contributed by atoms with Gasteiger partial charge in [-0.1, -0.05) is 61.9 Å². The van der Waals surface area contributed by atoms with Gasteiger partial charge in [-0.3, -0.25) is 9.36 Å². The molecule has 0 fully saturated rings. The number of aromatic nitrogens is 7. The smallest absolute Gasteiger partial charge is 0.213 e. The van der Waals surface area contributed by atoms with Crippen molar-refractivity contribution in [1.82, 2.24) is 34.3 Å². The van der Waals surface area contributed by atoms with E-state index in [1.54, 1.807) is 13.8 Å². The summed E-state index contributed by atoms with van der Waals surface area (Å²) in [5.74, 6) is 1.25. The fourth-order valence-electron chi connectivity index (χ4n) is 5.44. The zero-order chi connectivity index (χ0) is 35.1. The van der Waals surface area contributed by atoms with Gasteiger partial charge in [0, 0.05) is 63.2 Å². The summed E-state index contributed by atoms with van der Waals surface area (Å²) in [7, 11) is 5.97. The lowest BCUT2D eigenvalue weighted by atomic mass is 9.82. The summed E-state index contributed by atoms with van der Waals surface area (Å²) in [6, 6.07) is 23.9. The van der Waals surface area contributed by atoms with Crippen LogP contribution in [0.15, 0.2) is 71.1 Å². The van der Waals surface area contributed by atoms with Crippen LogP contribution < -0.4 is 0 Å². The fourth-order valence-corrected chi connectivity index (χ4v) is 5.44. The minimum Gasteiger partial charge on any atom is -0.426 e. The van der Waals surface area contributed by atoms with Crippen LogP contribution in [0.5, 0.6) is 0 Å². The van der Waals surface area contributed by atoms with Crippen LogP contribution in [0, 0.1) is 62.3 Å². The molecule has 1 aliphatic rings. The zero-order valence-corrected chi connectivity index (χ0v) is 30.9. The minimum atomic E-state index is 0.151. The second-order valence-electron chi connectivity index (χ2n) is 12.8. The molecular weight excluding hydrogens is 582 g/mol. The maximum absolute atomic E-state index is 4.86. The Hall–Kier alpha value is -4.72. The Morgan fingerprint density at radius 2 is 1.00 bits per heavy atom. The summed E-state index contributed by atoms with van der Waals surface area (Å²) in [4.78, 5) is 0. The lowest BCUT2D eigenvalue weighted by Crippen LogP contribution is -2.14. The van der Waals surface area contributed by atoms with Crippen molar-refractivity contribution in [1.29, 1.82) is 0 Å². The molecule has 7 rings (SSSR count). The zero-order valence-electron chi connectivity index (χ0n) is 30.9. The Bertz CT molecular complexity index is 1780. The molecule has 8 heteroatoms. The third-order valence-corrected chi connectivity index (χ3v) is 8.46. The Kier molecular flexibility index (Phi) is 12.3. The van der Waals surface area contributed by atoms with E-state index in [0.717, 1.165) is 11.4 Å². The van der Waals surface area contributed by atoms with E-state index in [1.165, 1.54) is 50.6 Å². The number of nitrogens with zero attached hydrogens (tertiary/aromatic N) is 7. The van der Waals surface area contributed by atoms with Crippen molar-refractivity contribution in [2.75, 3.05) is 0 Å². The molecule has 47 heavy (non-hydrogen) atoms. The SMILES string of the molecule is Cc1cc(C)n(C)n1.Cc1cc(C)n(C)n1.Cc1ccc(C)n1C.Cc1ccc2c(c1)C(C)(C)c1ccccc1-2.Cc1nnc(C)o1. The van der Waals surface area contributed by atoms with Gasteiger partial charge in [0.2, 0.25) is 11.8 Å². The van der Waals surface area contributed by atoms with Crippen LogP contribution in [0.1, 0.15) is 76.5 Å². The van der Waals surface area contributed by atoms with E-state index in [-0.39, 0.29) is 5.41 Å². The number of aryl methyl sites for hydroxylation is 11. The van der Waals surface area contributed by atoms with Crippen molar-refractivity contribution in [2.45, 2.75) is 81.6 Å². The molecule has 8 nitrogen and oxygen atoms in total. The summed E-state index contributed by atoms with van der Waals surface area (Å²) in [5.41, 5.74) is 14.5.